The highest BCUT2D eigenvalue weighted by Crippen LogP contribution is 2.40. The molecule has 4 heterocycles. The zero-order chi connectivity index (χ0) is 27.2. The van der Waals surface area contributed by atoms with E-state index in [0.717, 1.165) is 42.3 Å². The second-order valence-electron chi connectivity index (χ2n) is 9.77. The summed E-state index contributed by atoms with van der Waals surface area (Å²) in [6.07, 6.45) is 7.39. The minimum absolute atomic E-state index is 0.0723. The Bertz CT molecular complexity index is 1030. The number of aliphatic hydroxyl groups is 2. The maximum Gasteiger partial charge on any atom is 0.153 e. The fourth-order valence-corrected chi connectivity index (χ4v) is 5.44. The van der Waals surface area contributed by atoms with Gasteiger partial charge in [-0.3, -0.25) is 0 Å². The first-order valence-corrected chi connectivity index (χ1v) is 15.6. The molecule has 2 aromatic rings. The summed E-state index contributed by atoms with van der Waals surface area (Å²) in [6, 6.07) is 1.85. The van der Waals surface area contributed by atoms with Crippen molar-refractivity contribution in [3.63, 3.8) is 0 Å². The van der Waals surface area contributed by atoms with E-state index in [1.54, 1.807) is 18.0 Å². The molecule has 0 aliphatic carbocycles. The molecule has 0 unspecified atom stereocenters. The van der Waals surface area contributed by atoms with E-state index < -0.39 is 0 Å². The van der Waals surface area contributed by atoms with Gasteiger partial charge < -0.3 is 24.7 Å². The minimum Gasteiger partial charge on any atom is -0.390 e. The molecule has 4 rings (SSSR count). The van der Waals surface area contributed by atoms with Gasteiger partial charge in [0.15, 0.2) is 5.82 Å². The van der Waals surface area contributed by atoms with E-state index in [1.807, 2.05) is 37.3 Å². The van der Waals surface area contributed by atoms with Crippen LogP contribution in [-0.4, -0.2) is 82.0 Å². The number of aromatic nitrogens is 3. The zero-order valence-electron chi connectivity index (χ0n) is 22.1. The lowest BCUT2D eigenvalue weighted by atomic mass is 9.81. The van der Waals surface area contributed by atoms with Crippen LogP contribution in [0.3, 0.4) is 0 Å². The molecule has 2 saturated heterocycles. The standard InChI is InChI=1S/C23H32ClN5O3S2.C2H6S/c1-14-22(34-18-4-7-25-21(19(18)24)29-10-16(31)11-29)27-17(12-30)20(26-14)28-8-5-23(3,6-9-28)13-32-15(2)33;1-3-2/h4,7,15-16,30-31,33H,5-6,8-13H2,1-3H3;1-2H3/t15-;/m1./s1. The number of nitrogens with zero attached hydrogens (tertiary/aromatic N) is 5. The van der Waals surface area contributed by atoms with E-state index in [0.29, 0.717) is 41.3 Å². The lowest BCUT2D eigenvalue weighted by Gasteiger charge is -2.40. The largest absolute Gasteiger partial charge is 0.390 e. The summed E-state index contributed by atoms with van der Waals surface area (Å²) in [4.78, 5) is 19.0. The molecule has 0 saturated carbocycles. The number of ether oxygens (including phenoxy) is 1. The molecular formula is C25H38ClN5O3S3. The van der Waals surface area contributed by atoms with Crippen molar-refractivity contribution in [3.8, 4) is 0 Å². The third kappa shape index (κ3) is 8.03. The number of anilines is 2. The molecule has 2 fully saturated rings. The van der Waals surface area contributed by atoms with Crippen LogP contribution >= 0.6 is 47.8 Å². The van der Waals surface area contributed by atoms with Gasteiger partial charge in [-0.25, -0.2) is 15.0 Å². The van der Waals surface area contributed by atoms with Gasteiger partial charge in [-0.15, -0.1) is 12.6 Å². The van der Waals surface area contributed by atoms with Gasteiger partial charge in [0.25, 0.3) is 0 Å². The van der Waals surface area contributed by atoms with Gasteiger partial charge >= 0.3 is 0 Å². The summed E-state index contributed by atoms with van der Waals surface area (Å²) in [5, 5.41) is 20.9. The molecule has 12 heteroatoms. The van der Waals surface area contributed by atoms with Crippen LogP contribution in [0.1, 0.15) is 38.1 Å². The number of rotatable bonds is 8. The fourth-order valence-electron chi connectivity index (χ4n) is 4.15. The highest BCUT2D eigenvalue weighted by atomic mass is 35.5. The van der Waals surface area contributed by atoms with E-state index in [9.17, 15) is 10.2 Å². The summed E-state index contributed by atoms with van der Waals surface area (Å²) in [5.41, 5.74) is 1.38. The van der Waals surface area contributed by atoms with Crippen molar-refractivity contribution in [2.24, 2.45) is 5.41 Å². The smallest absolute Gasteiger partial charge is 0.153 e. The Morgan fingerprint density at radius 3 is 2.43 bits per heavy atom. The molecule has 2 N–H and O–H groups in total. The van der Waals surface area contributed by atoms with Crippen molar-refractivity contribution in [2.45, 2.75) is 61.7 Å². The van der Waals surface area contributed by atoms with Crippen molar-refractivity contribution in [1.29, 1.82) is 0 Å². The van der Waals surface area contributed by atoms with Crippen LogP contribution < -0.4 is 9.80 Å². The highest BCUT2D eigenvalue weighted by molar-refractivity contribution is 7.99. The number of aliphatic hydroxyl groups excluding tert-OH is 2. The summed E-state index contributed by atoms with van der Waals surface area (Å²) >= 11 is 14.1. The second-order valence-corrected chi connectivity index (χ2v) is 12.7. The predicted molar refractivity (Wildman–Crippen MR) is 158 cm³/mol. The molecule has 0 aromatic carbocycles. The van der Waals surface area contributed by atoms with Crippen LogP contribution in [0.15, 0.2) is 22.2 Å². The van der Waals surface area contributed by atoms with Gasteiger partial charge in [0.1, 0.15) is 16.5 Å². The predicted octanol–water partition coefficient (Wildman–Crippen LogP) is 4.54. The summed E-state index contributed by atoms with van der Waals surface area (Å²) in [5.74, 6) is 1.40. The molecule has 0 bridgehead atoms. The Morgan fingerprint density at radius 2 is 1.86 bits per heavy atom. The molecule has 0 radical (unpaired) electrons. The maximum absolute atomic E-state index is 10.1. The van der Waals surface area contributed by atoms with Gasteiger partial charge in [-0.2, -0.15) is 11.8 Å². The van der Waals surface area contributed by atoms with Crippen LogP contribution in [0.2, 0.25) is 5.02 Å². The molecular weight excluding hydrogens is 550 g/mol. The third-order valence-corrected chi connectivity index (χ3v) is 8.15. The lowest BCUT2D eigenvalue weighted by molar-refractivity contribution is 0.0325. The van der Waals surface area contributed by atoms with Crippen molar-refractivity contribution >= 4 is 59.4 Å². The van der Waals surface area contributed by atoms with E-state index in [4.69, 9.17) is 26.3 Å². The number of thiol groups is 1. The molecule has 2 aliphatic rings. The Hall–Kier alpha value is -0.950. The first-order valence-electron chi connectivity index (χ1n) is 12.3. The number of aryl methyl sites for hydroxylation is 1. The van der Waals surface area contributed by atoms with Gasteiger partial charge in [0.2, 0.25) is 0 Å². The number of thioether (sulfide) groups is 1. The monoisotopic (exact) mass is 587 g/mol. The number of hydrogen-bond acceptors (Lipinski definition) is 11. The van der Waals surface area contributed by atoms with E-state index in [-0.39, 0.29) is 23.6 Å². The molecule has 0 spiro atoms. The fraction of sp³-hybridized carbons (Fsp3) is 0.640. The van der Waals surface area contributed by atoms with Crippen molar-refractivity contribution in [1.82, 2.24) is 15.0 Å². The molecule has 0 amide bonds. The number of pyridine rings is 1. The molecule has 2 aliphatic heterocycles. The summed E-state index contributed by atoms with van der Waals surface area (Å²) in [7, 11) is 0. The van der Waals surface area contributed by atoms with Gasteiger partial charge in [-0.1, -0.05) is 30.3 Å². The Balaban J connectivity index is 0.00000121. The summed E-state index contributed by atoms with van der Waals surface area (Å²) < 4.78 is 5.75. The number of β-amino-alcohol motifs (C(OH)–C–C–N with tert-alkyl or cyclic N) is 1. The van der Waals surface area contributed by atoms with E-state index in [2.05, 4.69) is 29.4 Å². The zero-order valence-corrected chi connectivity index (χ0v) is 25.4. The van der Waals surface area contributed by atoms with Crippen LogP contribution in [0.5, 0.6) is 0 Å². The summed E-state index contributed by atoms with van der Waals surface area (Å²) in [6.45, 7) is 9.31. The van der Waals surface area contributed by atoms with Gasteiger partial charge in [-0.05, 0) is 50.7 Å². The van der Waals surface area contributed by atoms with Crippen LogP contribution in [-0.2, 0) is 11.3 Å². The normalized spacial score (nSPS) is 18.2. The SMILES string of the molecule is CSC.Cc1nc(N2CCC(C)(CO[C@@H](C)S)CC2)c(CO)nc1Sc1ccnc(N2CC(O)C2)c1Cl. The molecule has 206 valence electrons. The highest BCUT2D eigenvalue weighted by Gasteiger charge is 2.33. The number of piperidine rings is 1. The van der Waals surface area contributed by atoms with Crippen LogP contribution in [0.25, 0.3) is 0 Å². The molecule has 37 heavy (non-hydrogen) atoms. The second kappa shape index (κ2) is 13.9. The van der Waals surface area contributed by atoms with Crippen molar-refractivity contribution in [3.05, 3.63) is 28.7 Å². The topological polar surface area (TPSA) is 94.8 Å². The first kappa shape index (κ1) is 30.6. The average Bonchev–Trinajstić information content (AvgIpc) is 2.84. The lowest BCUT2D eigenvalue weighted by Crippen LogP contribution is -2.51. The van der Waals surface area contributed by atoms with E-state index in [1.165, 1.54) is 11.8 Å². The Kier molecular flexibility index (Phi) is 11.5. The Morgan fingerprint density at radius 1 is 1.22 bits per heavy atom. The average molecular weight is 588 g/mol. The Labute approximate surface area is 239 Å². The van der Waals surface area contributed by atoms with Crippen LogP contribution in [0.4, 0.5) is 11.6 Å². The van der Waals surface area contributed by atoms with Crippen molar-refractivity contribution in [2.75, 3.05) is 55.1 Å². The minimum atomic E-state index is -0.339. The van der Waals surface area contributed by atoms with Gasteiger partial charge in [0.05, 0.1) is 35.5 Å². The number of halogens is 1. The first-order chi connectivity index (χ1) is 17.6. The quantitative estimate of drug-likeness (QED) is 0.302. The van der Waals surface area contributed by atoms with Crippen molar-refractivity contribution < 1.29 is 14.9 Å². The van der Waals surface area contributed by atoms with Crippen LogP contribution in [0, 0.1) is 12.3 Å². The molecule has 2 aromatic heterocycles. The molecule has 1 atom stereocenters. The van der Waals surface area contributed by atoms with Gasteiger partial charge in [0, 0.05) is 37.3 Å². The maximum atomic E-state index is 10.1. The number of hydrogen-bond donors (Lipinski definition) is 3. The third-order valence-electron chi connectivity index (χ3n) is 6.37. The van der Waals surface area contributed by atoms with E-state index >= 15 is 0 Å². The molecule has 8 nitrogen and oxygen atoms in total.